The average molecular weight is 560 g/mol. The second-order valence-corrected chi connectivity index (χ2v) is 12.1. The number of hydrogen-bond acceptors (Lipinski definition) is 6. The zero-order valence-corrected chi connectivity index (χ0v) is 24.6. The molecular formula is C30H42ClN3O3S. The first-order valence-electron chi connectivity index (χ1n) is 14.0. The van der Waals surface area contributed by atoms with E-state index in [4.69, 9.17) is 11.6 Å². The van der Waals surface area contributed by atoms with E-state index in [2.05, 4.69) is 35.6 Å². The molecule has 1 heterocycles. The minimum Gasteiger partial charge on any atom is -0.353 e. The van der Waals surface area contributed by atoms with Gasteiger partial charge in [0.2, 0.25) is 5.91 Å². The summed E-state index contributed by atoms with van der Waals surface area (Å²) in [5.74, 6) is -0.226. The molecule has 1 amide bonds. The summed E-state index contributed by atoms with van der Waals surface area (Å²) in [5, 5.41) is 4.75. The van der Waals surface area contributed by atoms with Crippen molar-refractivity contribution in [3.05, 3.63) is 40.4 Å². The van der Waals surface area contributed by atoms with E-state index in [1.54, 1.807) is 6.07 Å². The van der Waals surface area contributed by atoms with E-state index >= 15 is 0 Å². The zero-order chi connectivity index (χ0) is 27.7. The predicted molar refractivity (Wildman–Crippen MR) is 157 cm³/mol. The maximum atomic E-state index is 13.6. The number of rotatable bonds is 15. The maximum absolute atomic E-state index is 13.6. The number of likely N-dealkylation sites (N-methyl/N-ethyl adjacent to an activating group) is 1. The highest BCUT2D eigenvalue weighted by Crippen LogP contribution is 2.30. The number of thiazole rings is 1. The Kier molecular flexibility index (Phi) is 11.9. The lowest BCUT2D eigenvalue weighted by molar-refractivity contribution is -0.130. The average Bonchev–Trinajstić information content (AvgIpc) is 3.30. The monoisotopic (exact) mass is 559 g/mol. The summed E-state index contributed by atoms with van der Waals surface area (Å²) in [6.45, 7) is 12.1. The molecule has 1 aromatic carbocycles. The molecule has 1 aliphatic rings. The molecule has 1 N–H and O–H groups in total. The number of aromatic nitrogens is 1. The van der Waals surface area contributed by atoms with Crippen molar-refractivity contribution in [3.63, 3.8) is 0 Å². The van der Waals surface area contributed by atoms with Crippen LogP contribution in [-0.4, -0.2) is 53.0 Å². The molecule has 0 aliphatic heterocycles. The molecule has 6 nitrogen and oxygen atoms in total. The topological polar surface area (TPSA) is 79.4 Å². The number of Topliss-reactive ketones (excluding diaryl/α,β-unsaturated/α-hetero) is 2. The summed E-state index contributed by atoms with van der Waals surface area (Å²) in [5.41, 5.74) is 1.48. The quantitative estimate of drug-likeness (QED) is 0.255. The number of carbonyl (C=O) groups excluding carboxylic acids is 3. The Morgan fingerprint density at radius 1 is 1.18 bits per heavy atom. The summed E-state index contributed by atoms with van der Waals surface area (Å²) < 4.78 is 0.970. The summed E-state index contributed by atoms with van der Waals surface area (Å²) in [7, 11) is 0. The van der Waals surface area contributed by atoms with Gasteiger partial charge in [-0.05, 0) is 63.4 Å². The Hall–Kier alpha value is -2.09. The second-order valence-electron chi connectivity index (χ2n) is 10.6. The fourth-order valence-corrected chi connectivity index (χ4v) is 6.70. The molecular weight excluding hydrogens is 518 g/mol. The number of carbonyl (C=O) groups is 3. The molecule has 8 heteroatoms. The van der Waals surface area contributed by atoms with Crippen LogP contribution in [0, 0.1) is 11.8 Å². The number of fused-ring (bicyclic) bond motifs is 1. The molecule has 0 unspecified atom stereocenters. The van der Waals surface area contributed by atoms with Gasteiger partial charge >= 0.3 is 0 Å². The van der Waals surface area contributed by atoms with E-state index in [1.165, 1.54) is 24.7 Å². The summed E-state index contributed by atoms with van der Waals surface area (Å²) >= 11 is 7.64. The third-order valence-corrected chi connectivity index (χ3v) is 8.93. The van der Waals surface area contributed by atoms with Crippen LogP contribution in [-0.2, 0) is 20.8 Å². The van der Waals surface area contributed by atoms with Crippen molar-refractivity contribution in [2.75, 3.05) is 19.6 Å². The Morgan fingerprint density at radius 3 is 2.55 bits per heavy atom. The Balaban J connectivity index is 1.70. The molecule has 0 bridgehead atoms. The van der Waals surface area contributed by atoms with Crippen molar-refractivity contribution in [3.8, 4) is 0 Å². The summed E-state index contributed by atoms with van der Waals surface area (Å²) in [4.78, 5) is 45.5. The van der Waals surface area contributed by atoms with Gasteiger partial charge < -0.3 is 10.1 Å². The van der Waals surface area contributed by atoms with Gasteiger partial charge in [-0.3, -0.25) is 14.5 Å². The highest BCUT2D eigenvalue weighted by molar-refractivity contribution is 7.18. The molecule has 2 aromatic rings. The molecule has 1 fully saturated rings. The molecule has 1 aromatic heterocycles. The highest BCUT2D eigenvalue weighted by Gasteiger charge is 2.30. The van der Waals surface area contributed by atoms with Crippen LogP contribution in [0.2, 0.25) is 5.02 Å². The van der Waals surface area contributed by atoms with Crippen LogP contribution in [0.5, 0.6) is 0 Å². The lowest BCUT2D eigenvalue weighted by atomic mass is 9.81. The Bertz CT molecular complexity index is 1120. The molecule has 0 spiro atoms. The van der Waals surface area contributed by atoms with Gasteiger partial charge in [0.25, 0.3) is 0 Å². The normalized spacial score (nSPS) is 15.9. The number of amides is 1. The molecule has 0 radical (unpaired) electrons. The minimum absolute atomic E-state index is 0.0219. The first kappa shape index (κ1) is 30.5. The SMILES string of the molecule is C=C(CN(CC)CC)C(=O)CC[C@@H](NC(=O)[C@@H](CC(C)=O)Cc1nc2ccc(Cl)cc2s1)C1CCCCC1. The predicted octanol–water partition coefficient (Wildman–Crippen LogP) is 6.40. The minimum atomic E-state index is -0.497. The zero-order valence-electron chi connectivity index (χ0n) is 23.1. The lowest BCUT2D eigenvalue weighted by Gasteiger charge is -2.32. The summed E-state index contributed by atoms with van der Waals surface area (Å²) in [6, 6.07) is 5.47. The molecule has 0 saturated heterocycles. The number of nitrogens with zero attached hydrogens (tertiary/aromatic N) is 2. The van der Waals surface area contributed by atoms with Crippen LogP contribution in [0.25, 0.3) is 10.2 Å². The van der Waals surface area contributed by atoms with Crippen molar-refractivity contribution in [2.45, 2.75) is 84.6 Å². The van der Waals surface area contributed by atoms with Gasteiger partial charge in [0, 0.05) is 42.4 Å². The first-order valence-corrected chi connectivity index (χ1v) is 15.2. The van der Waals surface area contributed by atoms with Crippen molar-refractivity contribution in [1.82, 2.24) is 15.2 Å². The van der Waals surface area contributed by atoms with Crippen LogP contribution in [0.3, 0.4) is 0 Å². The molecule has 1 saturated carbocycles. The standard InChI is InChI=1S/C30H42ClN3O3S/c1-5-34(6-2)19-20(3)27(36)15-14-25(22-10-8-7-9-11-22)33-30(37)23(16-21(4)35)17-29-32-26-13-12-24(31)18-28(26)38-29/h12-13,18,22-23,25H,3,5-11,14-17,19H2,1-2,4H3,(H,33,37)/t23-,25+/m0/s1. The van der Waals surface area contributed by atoms with Gasteiger partial charge in [-0.25, -0.2) is 4.98 Å². The second kappa shape index (κ2) is 14.9. The third-order valence-electron chi connectivity index (χ3n) is 7.65. The largest absolute Gasteiger partial charge is 0.353 e. The van der Waals surface area contributed by atoms with Crippen molar-refractivity contribution < 1.29 is 14.4 Å². The van der Waals surface area contributed by atoms with Crippen LogP contribution < -0.4 is 5.32 Å². The molecule has 208 valence electrons. The number of ketones is 2. The van der Waals surface area contributed by atoms with Gasteiger partial charge in [-0.15, -0.1) is 11.3 Å². The van der Waals surface area contributed by atoms with Crippen LogP contribution in [0.1, 0.15) is 77.1 Å². The maximum Gasteiger partial charge on any atom is 0.224 e. The molecule has 1 aliphatic carbocycles. The van der Waals surface area contributed by atoms with Gasteiger partial charge in [-0.2, -0.15) is 0 Å². The molecule has 2 atom stereocenters. The summed E-state index contributed by atoms with van der Waals surface area (Å²) in [6.07, 6.45) is 7.14. The number of nitrogens with one attached hydrogen (secondary N) is 1. The Morgan fingerprint density at radius 2 is 1.89 bits per heavy atom. The Labute approximate surface area is 236 Å². The van der Waals surface area contributed by atoms with E-state index in [0.717, 1.165) is 54.0 Å². The molecule has 3 rings (SSSR count). The van der Waals surface area contributed by atoms with Gasteiger partial charge in [0.05, 0.1) is 21.1 Å². The van der Waals surface area contributed by atoms with E-state index in [0.29, 0.717) is 42.3 Å². The number of hydrogen-bond donors (Lipinski definition) is 1. The fourth-order valence-electron chi connectivity index (χ4n) is 5.38. The highest BCUT2D eigenvalue weighted by atomic mass is 35.5. The lowest BCUT2D eigenvalue weighted by Crippen LogP contribution is -2.45. The first-order chi connectivity index (χ1) is 18.2. The van der Waals surface area contributed by atoms with Crippen LogP contribution >= 0.6 is 22.9 Å². The van der Waals surface area contributed by atoms with Gasteiger partial charge in [0.15, 0.2) is 5.78 Å². The van der Waals surface area contributed by atoms with Crippen LogP contribution in [0.15, 0.2) is 30.4 Å². The van der Waals surface area contributed by atoms with Gasteiger partial charge in [0.1, 0.15) is 5.78 Å². The smallest absolute Gasteiger partial charge is 0.224 e. The van der Waals surface area contributed by atoms with Gasteiger partial charge in [-0.1, -0.05) is 51.3 Å². The van der Waals surface area contributed by atoms with E-state index in [9.17, 15) is 14.4 Å². The third kappa shape index (κ3) is 8.99. The fraction of sp³-hybridized carbons (Fsp3) is 0.600. The van der Waals surface area contributed by atoms with Crippen molar-refractivity contribution in [2.24, 2.45) is 11.8 Å². The van der Waals surface area contributed by atoms with E-state index in [1.807, 2.05) is 12.1 Å². The number of benzene rings is 1. The molecule has 38 heavy (non-hydrogen) atoms. The van der Waals surface area contributed by atoms with E-state index in [-0.39, 0.29) is 29.9 Å². The van der Waals surface area contributed by atoms with Crippen molar-refractivity contribution >= 4 is 50.6 Å². The van der Waals surface area contributed by atoms with E-state index < -0.39 is 5.92 Å². The number of halogens is 1. The van der Waals surface area contributed by atoms with Crippen LogP contribution in [0.4, 0.5) is 0 Å². The van der Waals surface area contributed by atoms with Crippen molar-refractivity contribution in [1.29, 1.82) is 0 Å².